The van der Waals surface area contributed by atoms with Crippen LogP contribution in [0.3, 0.4) is 0 Å². The number of rotatable bonds is 1. The van der Waals surface area contributed by atoms with E-state index in [4.69, 9.17) is 6.58 Å². The molecule has 0 atom stereocenters. The Morgan fingerprint density at radius 3 is 2.56 bits per heavy atom. The number of nitrogens with zero attached hydrogens (tertiary/aromatic N) is 2. The molecule has 0 aliphatic rings. The van der Waals surface area contributed by atoms with Gasteiger partial charge < -0.3 is 16.1 Å². The van der Waals surface area contributed by atoms with Crippen molar-refractivity contribution < 1.29 is 42.1 Å². The van der Waals surface area contributed by atoms with Crippen molar-refractivity contribution in [2.75, 3.05) is 0 Å². The molecule has 0 amide bonds. The topological polar surface area (TPSA) is 17.8 Å². The third-order valence-electron chi connectivity index (χ3n) is 0.633. The summed E-state index contributed by atoms with van der Waals surface area (Å²) in [4.78, 5) is 3.69. The van der Waals surface area contributed by atoms with Crippen molar-refractivity contribution in [3.63, 3.8) is 0 Å². The monoisotopic (exact) mass is 460 g/mol. The predicted molar refractivity (Wildman–Crippen MR) is 26.1 cm³/mol. The first-order chi connectivity index (χ1) is 3.43. The van der Waals surface area contributed by atoms with Gasteiger partial charge in [-0.05, 0) is 12.5 Å². The summed E-state index contributed by atoms with van der Waals surface area (Å²) in [7, 11) is 0. The van der Waals surface area contributed by atoms with Crippen LogP contribution in [-0.2, 0) is 42.1 Å². The normalized spacial score (nSPS) is 6.67. The number of hydrogen-bond donors (Lipinski definition) is 0. The van der Waals surface area contributed by atoms with E-state index in [1.54, 1.807) is 17.1 Å². The molecule has 0 spiro atoms. The number of hydrogen-bond acceptors (Lipinski definition) is 1. The molecule has 46 valence electrons. The summed E-state index contributed by atoms with van der Waals surface area (Å²) in [6.07, 6.45) is 7.21. The van der Waals surface area contributed by atoms with E-state index < -0.39 is 0 Å². The van der Waals surface area contributed by atoms with Gasteiger partial charge in [-0.2, -0.15) is 0 Å². The van der Waals surface area contributed by atoms with Crippen molar-refractivity contribution in [1.82, 2.24) is 9.55 Å². The third kappa shape index (κ3) is 3.83. The Bertz CT molecular complexity index is 148. The van der Waals surface area contributed by atoms with Gasteiger partial charge in [0.2, 0.25) is 0 Å². The van der Waals surface area contributed by atoms with E-state index in [0.29, 0.717) is 0 Å². The Hall–Kier alpha value is 0.327. The molecule has 0 saturated heterocycles. The summed E-state index contributed by atoms with van der Waals surface area (Å²) in [5.41, 5.74) is 0. The maximum atomic E-state index is 5.06. The zero-order valence-corrected chi connectivity index (χ0v) is 10.4. The van der Waals surface area contributed by atoms with E-state index in [-0.39, 0.29) is 42.1 Å². The van der Waals surface area contributed by atoms with Crippen LogP contribution in [-0.4, -0.2) is 9.55 Å². The average Bonchev–Trinajstić information content (AvgIpc) is 2.14. The molecule has 1 rings (SSSR count). The molecule has 1 heterocycles. The van der Waals surface area contributed by atoms with E-state index >= 15 is 0 Å². The molecule has 0 fully saturated rings. The minimum Gasteiger partial charge on any atom is -0.569 e. The van der Waals surface area contributed by atoms with E-state index in [1.165, 1.54) is 6.20 Å². The van der Waals surface area contributed by atoms with Crippen molar-refractivity contribution in [1.29, 1.82) is 0 Å². The molecule has 2 nitrogen and oxygen atoms in total. The van der Waals surface area contributed by atoms with E-state index in [0.717, 1.165) is 0 Å². The Morgan fingerprint density at radius 2 is 2.33 bits per heavy atom. The Balaban J connectivity index is 0. The predicted octanol–water partition coefficient (Wildman–Crippen LogP) is 0.582. The maximum Gasteiger partial charge on any atom is 2.00 e. The van der Waals surface area contributed by atoms with Crippen LogP contribution in [0.2, 0.25) is 0 Å². The smallest absolute Gasteiger partial charge is 0.569 e. The molecule has 9 heavy (non-hydrogen) atoms. The Labute approximate surface area is 82.9 Å². The van der Waals surface area contributed by atoms with Crippen molar-refractivity contribution >= 4 is 6.20 Å². The molecule has 0 N–H and O–H groups in total. The summed E-state index contributed by atoms with van der Waals surface area (Å²) < 4.78 is 1.54. The summed E-state index contributed by atoms with van der Waals surface area (Å²) in [5.74, 6) is 0. The summed E-state index contributed by atoms with van der Waals surface area (Å²) in [6.45, 7) is 5.06. The van der Waals surface area contributed by atoms with E-state index in [2.05, 4.69) is 11.2 Å². The van der Waals surface area contributed by atoms with Crippen LogP contribution in [0.15, 0.2) is 12.5 Å². The van der Waals surface area contributed by atoms with Crippen LogP contribution >= 0.6 is 0 Å². The van der Waals surface area contributed by atoms with Crippen LogP contribution in [0.25, 0.3) is 6.20 Å². The first-order valence-corrected chi connectivity index (χ1v) is 1.88. The van der Waals surface area contributed by atoms with Gasteiger partial charge in [-0.1, -0.05) is 6.20 Å². The van der Waals surface area contributed by atoms with E-state index in [1.807, 2.05) is 0 Å². The average molecular weight is 460 g/mol. The molecule has 0 radical (unpaired) electrons. The summed E-state index contributed by atoms with van der Waals surface area (Å²) in [5, 5.41) is 0. The Morgan fingerprint density at radius 1 is 1.67 bits per heavy atom. The van der Waals surface area contributed by atoms with Crippen LogP contribution in [0, 0.1) is 12.8 Å². The SMILES string of the molecule is [CH-]=Cn1[c-]cnc1.[W+2].[W]. The molecule has 1 aromatic rings. The minimum atomic E-state index is 0. The fraction of sp³-hybridized carbons (Fsp3) is 0. The zero-order valence-electron chi connectivity index (χ0n) is 4.52. The summed E-state index contributed by atoms with van der Waals surface area (Å²) in [6, 6.07) is 0. The van der Waals surface area contributed by atoms with Gasteiger partial charge in [-0.25, -0.2) is 0 Å². The maximum absolute atomic E-state index is 5.06. The van der Waals surface area contributed by atoms with Crippen molar-refractivity contribution in [3.05, 3.63) is 25.3 Å². The fourth-order valence-corrected chi connectivity index (χ4v) is 0.320. The van der Waals surface area contributed by atoms with E-state index in [9.17, 15) is 0 Å². The van der Waals surface area contributed by atoms with Gasteiger partial charge in [0.1, 0.15) is 0 Å². The van der Waals surface area contributed by atoms with Gasteiger partial charge in [0.05, 0.1) is 0 Å². The Kier molecular flexibility index (Phi) is 8.63. The molecular formula is C5H4N2W2. The first-order valence-electron chi connectivity index (χ1n) is 1.88. The summed E-state index contributed by atoms with van der Waals surface area (Å²) >= 11 is 0. The zero-order chi connectivity index (χ0) is 5.11. The third-order valence-corrected chi connectivity index (χ3v) is 0.633. The van der Waals surface area contributed by atoms with Gasteiger partial charge in [0.15, 0.2) is 0 Å². The van der Waals surface area contributed by atoms with Gasteiger partial charge >= 0.3 is 21.1 Å². The standard InChI is InChI=1S/C5H4N2.2W/c1-2-7-4-3-6-5-7;;/h1-3,5H;;/q-2;;+2. The second kappa shape index (κ2) is 6.45. The van der Waals surface area contributed by atoms with Gasteiger partial charge in [-0.3, -0.25) is 6.20 Å². The molecule has 0 aliphatic carbocycles. The van der Waals surface area contributed by atoms with Crippen LogP contribution in [0.5, 0.6) is 0 Å². The second-order valence-electron chi connectivity index (χ2n) is 1.08. The molecule has 0 unspecified atom stereocenters. The first kappa shape index (κ1) is 12.0. The van der Waals surface area contributed by atoms with Crippen molar-refractivity contribution in [3.8, 4) is 0 Å². The number of imidazole rings is 1. The molecule has 0 saturated carbocycles. The molecule has 0 aliphatic heterocycles. The van der Waals surface area contributed by atoms with Crippen LogP contribution in [0.4, 0.5) is 0 Å². The van der Waals surface area contributed by atoms with Gasteiger partial charge in [-0.15, -0.1) is 0 Å². The van der Waals surface area contributed by atoms with Crippen LogP contribution in [0.1, 0.15) is 0 Å². The number of aromatic nitrogens is 2. The minimum absolute atomic E-state index is 0. The van der Waals surface area contributed by atoms with Gasteiger partial charge in [0.25, 0.3) is 0 Å². The molecular weight excluding hydrogens is 456 g/mol. The molecule has 0 bridgehead atoms. The van der Waals surface area contributed by atoms with Crippen molar-refractivity contribution in [2.24, 2.45) is 0 Å². The van der Waals surface area contributed by atoms with Crippen molar-refractivity contribution in [2.45, 2.75) is 0 Å². The largest absolute Gasteiger partial charge is 2.00 e. The molecule has 0 aromatic carbocycles. The molecule has 4 heteroatoms. The molecule has 1 aromatic heterocycles. The fourth-order valence-electron chi connectivity index (χ4n) is 0.320. The second-order valence-corrected chi connectivity index (χ2v) is 1.08. The van der Waals surface area contributed by atoms with Gasteiger partial charge in [0, 0.05) is 21.1 Å². The van der Waals surface area contributed by atoms with Crippen LogP contribution < -0.4 is 0 Å². The quantitative estimate of drug-likeness (QED) is 0.562.